The number of phenolic OH excluding ortho intramolecular Hbond substituents is 1. The molecule has 2 N–H and O–H groups in total. The van der Waals surface area contributed by atoms with Gasteiger partial charge in [0.05, 0.1) is 18.2 Å². The summed E-state index contributed by atoms with van der Waals surface area (Å²) in [6.45, 7) is 3.67. The molecule has 1 heterocycles. The minimum absolute atomic E-state index is 0.137. The predicted molar refractivity (Wildman–Crippen MR) is 63.7 cm³/mol. The molecule has 0 radical (unpaired) electrons. The Morgan fingerprint density at radius 2 is 2.24 bits per heavy atom. The van der Waals surface area contributed by atoms with Crippen LogP contribution in [0.15, 0.2) is 18.2 Å². The number of rotatable bonds is 3. The van der Waals surface area contributed by atoms with Gasteiger partial charge in [0.2, 0.25) is 0 Å². The molecule has 1 aliphatic heterocycles. The summed E-state index contributed by atoms with van der Waals surface area (Å²) in [5.41, 5.74) is 1.29. The quantitative estimate of drug-likeness (QED) is 0.817. The van der Waals surface area contributed by atoms with Gasteiger partial charge in [-0.2, -0.15) is 5.26 Å². The van der Waals surface area contributed by atoms with Crippen molar-refractivity contribution >= 4 is 0 Å². The lowest BCUT2D eigenvalue weighted by atomic mass is 9.86. The zero-order chi connectivity index (χ0) is 12.4. The van der Waals surface area contributed by atoms with Gasteiger partial charge in [-0.3, -0.25) is 4.90 Å². The highest BCUT2D eigenvalue weighted by Gasteiger charge is 2.33. The smallest absolute Gasteiger partial charge is 0.120 e. The second kappa shape index (κ2) is 4.74. The van der Waals surface area contributed by atoms with Gasteiger partial charge in [-0.1, -0.05) is 6.07 Å². The van der Waals surface area contributed by atoms with Gasteiger partial charge in [0, 0.05) is 30.6 Å². The Kier molecular flexibility index (Phi) is 3.32. The first-order valence-electron chi connectivity index (χ1n) is 5.74. The monoisotopic (exact) mass is 232 g/mol. The SMILES string of the molecule is CC(CO)N1CC(c2c(O)cccc2C#N)C1. The van der Waals surface area contributed by atoms with Crippen molar-refractivity contribution in [3.8, 4) is 11.8 Å². The number of phenols is 1. The molecule has 0 aromatic heterocycles. The van der Waals surface area contributed by atoms with Crippen molar-refractivity contribution < 1.29 is 10.2 Å². The van der Waals surface area contributed by atoms with Crippen LogP contribution in [0.1, 0.15) is 24.0 Å². The van der Waals surface area contributed by atoms with Crippen LogP contribution in [-0.2, 0) is 0 Å². The summed E-state index contributed by atoms with van der Waals surface area (Å²) in [5.74, 6) is 0.394. The fourth-order valence-corrected chi connectivity index (χ4v) is 2.25. The first kappa shape index (κ1) is 11.9. The minimum Gasteiger partial charge on any atom is -0.508 e. The van der Waals surface area contributed by atoms with E-state index in [0.29, 0.717) is 5.56 Å². The van der Waals surface area contributed by atoms with Gasteiger partial charge in [-0.25, -0.2) is 0 Å². The topological polar surface area (TPSA) is 67.5 Å². The van der Waals surface area contributed by atoms with Gasteiger partial charge in [-0.05, 0) is 19.1 Å². The fourth-order valence-electron chi connectivity index (χ4n) is 2.25. The minimum atomic E-state index is 0.137. The van der Waals surface area contributed by atoms with Crippen LogP contribution in [0.3, 0.4) is 0 Å². The molecule has 1 atom stereocenters. The van der Waals surface area contributed by atoms with E-state index in [2.05, 4.69) is 11.0 Å². The number of aliphatic hydroxyl groups excluding tert-OH is 1. The first-order chi connectivity index (χ1) is 8.17. The van der Waals surface area contributed by atoms with Crippen LogP contribution in [0.25, 0.3) is 0 Å². The van der Waals surface area contributed by atoms with Crippen LogP contribution in [0.2, 0.25) is 0 Å². The second-order valence-electron chi connectivity index (χ2n) is 4.53. The third kappa shape index (κ3) is 2.12. The zero-order valence-electron chi connectivity index (χ0n) is 9.80. The van der Waals surface area contributed by atoms with Crippen LogP contribution in [0.4, 0.5) is 0 Å². The van der Waals surface area contributed by atoms with Gasteiger partial charge in [0.25, 0.3) is 0 Å². The van der Waals surface area contributed by atoms with Crippen molar-refractivity contribution in [2.75, 3.05) is 19.7 Å². The molecule has 0 spiro atoms. The fraction of sp³-hybridized carbons (Fsp3) is 0.462. The highest BCUT2D eigenvalue weighted by molar-refractivity contribution is 5.49. The maximum atomic E-state index is 9.82. The number of nitrogens with zero attached hydrogens (tertiary/aromatic N) is 2. The van der Waals surface area contributed by atoms with Crippen LogP contribution in [0, 0.1) is 11.3 Å². The Labute approximate surface area is 101 Å². The van der Waals surface area contributed by atoms with E-state index in [1.807, 2.05) is 6.92 Å². The Morgan fingerprint density at radius 1 is 1.53 bits per heavy atom. The number of aliphatic hydroxyl groups is 1. The lowest BCUT2D eigenvalue weighted by molar-refractivity contribution is 0.0621. The lowest BCUT2D eigenvalue weighted by Gasteiger charge is -2.43. The molecule has 1 aliphatic rings. The molecule has 0 saturated carbocycles. The highest BCUT2D eigenvalue weighted by Crippen LogP contribution is 2.35. The van der Waals surface area contributed by atoms with Gasteiger partial charge >= 0.3 is 0 Å². The molecule has 4 nitrogen and oxygen atoms in total. The first-order valence-corrected chi connectivity index (χ1v) is 5.74. The van der Waals surface area contributed by atoms with Gasteiger partial charge in [0.1, 0.15) is 5.75 Å². The maximum Gasteiger partial charge on any atom is 0.120 e. The predicted octanol–water partition coefficient (Wildman–Crippen LogP) is 1.04. The summed E-state index contributed by atoms with van der Waals surface area (Å²) < 4.78 is 0. The number of hydrogen-bond acceptors (Lipinski definition) is 4. The standard InChI is InChI=1S/C13H16N2O2/c1-9(8-16)15-6-11(7-15)13-10(5-14)3-2-4-12(13)17/h2-4,9,11,16-17H,6-8H2,1H3. The molecule has 0 aliphatic carbocycles. The van der Waals surface area contributed by atoms with Crippen LogP contribution < -0.4 is 0 Å². The van der Waals surface area contributed by atoms with E-state index in [-0.39, 0.29) is 24.3 Å². The van der Waals surface area contributed by atoms with Gasteiger partial charge in [0.15, 0.2) is 0 Å². The normalized spacial score (nSPS) is 18.4. The molecular weight excluding hydrogens is 216 g/mol. The van der Waals surface area contributed by atoms with Crippen LogP contribution in [-0.4, -0.2) is 40.9 Å². The average molecular weight is 232 g/mol. The van der Waals surface area contributed by atoms with Crippen LogP contribution >= 0.6 is 0 Å². The Hall–Kier alpha value is -1.57. The molecule has 1 fully saturated rings. The number of nitriles is 1. The van der Waals surface area contributed by atoms with Crippen molar-refractivity contribution in [2.24, 2.45) is 0 Å². The molecule has 1 aromatic carbocycles. The molecule has 4 heteroatoms. The zero-order valence-corrected chi connectivity index (χ0v) is 9.80. The van der Waals surface area contributed by atoms with E-state index < -0.39 is 0 Å². The molecule has 2 rings (SSSR count). The summed E-state index contributed by atoms with van der Waals surface area (Å²) in [4.78, 5) is 2.14. The molecule has 90 valence electrons. The summed E-state index contributed by atoms with van der Waals surface area (Å²) >= 11 is 0. The number of likely N-dealkylation sites (tertiary alicyclic amines) is 1. The molecular formula is C13H16N2O2. The molecule has 0 amide bonds. The van der Waals surface area contributed by atoms with Crippen molar-refractivity contribution in [2.45, 2.75) is 18.9 Å². The Balaban J connectivity index is 2.14. The Bertz CT molecular complexity index is 447. The summed E-state index contributed by atoms with van der Waals surface area (Å²) in [7, 11) is 0. The molecule has 0 bridgehead atoms. The molecule has 1 saturated heterocycles. The lowest BCUT2D eigenvalue weighted by Crippen LogP contribution is -2.51. The van der Waals surface area contributed by atoms with E-state index in [4.69, 9.17) is 10.4 Å². The van der Waals surface area contributed by atoms with Gasteiger partial charge in [-0.15, -0.1) is 0 Å². The van der Waals surface area contributed by atoms with Crippen molar-refractivity contribution in [1.82, 2.24) is 4.90 Å². The summed E-state index contributed by atoms with van der Waals surface area (Å²) in [6.07, 6.45) is 0. The van der Waals surface area contributed by atoms with E-state index in [1.54, 1.807) is 18.2 Å². The van der Waals surface area contributed by atoms with Gasteiger partial charge < -0.3 is 10.2 Å². The maximum absolute atomic E-state index is 9.82. The number of hydrogen-bond donors (Lipinski definition) is 2. The van der Waals surface area contributed by atoms with E-state index in [1.165, 1.54) is 0 Å². The molecule has 17 heavy (non-hydrogen) atoms. The number of benzene rings is 1. The van der Waals surface area contributed by atoms with Crippen molar-refractivity contribution in [1.29, 1.82) is 5.26 Å². The molecule has 1 aromatic rings. The van der Waals surface area contributed by atoms with E-state index in [9.17, 15) is 5.11 Å². The highest BCUT2D eigenvalue weighted by atomic mass is 16.3. The third-order valence-electron chi connectivity index (χ3n) is 3.41. The van der Waals surface area contributed by atoms with Crippen LogP contribution in [0.5, 0.6) is 5.75 Å². The third-order valence-corrected chi connectivity index (χ3v) is 3.41. The summed E-state index contributed by atoms with van der Waals surface area (Å²) in [5, 5.41) is 27.9. The summed E-state index contributed by atoms with van der Waals surface area (Å²) in [6, 6.07) is 7.29. The number of aromatic hydroxyl groups is 1. The molecule has 1 unspecified atom stereocenters. The van der Waals surface area contributed by atoms with Crippen molar-refractivity contribution in [3.05, 3.63) is 29.3 Å². The largest absolute Gasteiger partial charge is 0.508 e. The Morgan fingerprint density at radius 3 is 2.82 bits per heavy atom. The average Bonchev–Trinajstić information content (AvgIpc) is 2.28. The van der Waals surface area contributed by atoms with Crippen molar-refractivity contribution in [3.63, 3.8) is 0 Å². The van der Waals surface area contributed by atoms with E-state index >= 15 is 0 Å². The second-order valence-corrected chi connectivity index (χ2v) is 4.53. The van der Waals surface area contributed by atoms with E-state index in [0.717, 1.165) is 18.7 Å².